The van der Waals surface area contributed by atoms with Crippen molar-refractivity contribution in [3.8, 4) is 5.13 Å². The third kappa shape index (κ3) is 3.37. The van der Waals surface area contributed by atoms with Gasteiger partial charge < -0.3 is 15.0 Å². The van der Waals surface area contributed by atoms with Crippen LogP contribution in [0.1, 0.15) is 22.0 Å². The number of aliphatic hydroxyl groups is 1. The van der Waals surface area contributed by atoms with Gasteiger partial charge in [0, 0.05) is 24.5 Å². The summed E-state index contributed by atoms with van der Waals surface area (Å²) in [6.45, 7) is 0.165. The number of hydrogen-bond acceptors (Lipinski definition) is 4. The van der Waals surface area contributed by atoms with E-state index in [1.54, 1.807) is 6.07 Å². The smallest absolute Gasteiger partial charge is 0.251 e. The highest BCUT2D eigenvalue weighted by Crippen LogP contribution is 2.26. The van der Waals surface area contributed by atoms with Gasteiger partial charge in [0.25, 0.3) is 5.91 Å². The highest BCUT2D eigenvalue weighted by molar-refractivity contribution is 7.20. The Morgan fingerprint density at radius 1 is 1.12 bits per heavy atom. The number of thiazole rings is 1. The second kappa shape index (κ2) is 7.11. The van der Waals surface area contributed by atoms with Crippen molar-refractivity contribution >= 4 is 27.5 Å². The fourth-order valence-corrected chi connectivity index (χ4v) is 3.68. The SMILES string of the molecule is O=C(NC[C@H](O)c1ccccc1)c1ccc2nc(-n3cccc3)sc2c1. The summed E-state index contributed by atoms with van der Waals surface area (Å²) in [4.78, 5) is 17.0. The van der Waals surface area contributed by atoms with Crippen molar-refractivity contribution in [1.82, 2.24) is 14.9 Å². The van der Waals surface area contributed by atoms with Crippen molar-refractivity contribution in [2.75, 3.05) is 6.54 Å². The quantitative estimate of drug-likeness (QED) is 0.570. The van der Waals surface area contributed by atoms with Crippen LogP contribution in [0.4, 0.5) is 0 Å². The summed E-state index contributed by atoms with van der Waals surface area (Å²) in [6.07, 6.45) is 3.15. The molecule has 2 N–H and O–H groups in total. The molecule has 6 heteroatoms. The number of aromatic nitrogens is 2. The molecule has 0 aliphatic carbocycles. The molecular formula is C20H17N3O2S. The van der Waals surface area contributed by atoms with Gasteiger partial charge in [-0.2, -0.15) is 0 Å². The third-order valence-corrected chi connectivity index (χ3v) is 5.14. The fourth-order valence-electron chi connectivity index (χ4n) is 2.71. The zero-order valence-corrected chi connectivity index (χ0v) is 14.7. The molecule has 0 aliphatic heterocycles. The first kappa shape index (κ1) is 16.5. The molecule has 4 rings (SSSR count). The van der Waals surface area contributed by atoms with Gasteiger partial charge in [-0.1, -0.05) is 41.7 Å². The number of carbonyl (C=O) groups is 1. The van der Waals surface area contributed by atoms with Gasteiger partial charge in [-0.3, -0.25) is 4.79 Å². The van der Waals surface area contributed by atoms with Crippen LogP contribution in [0.3, 0.4) is 0 Å². The Labute approximate surface area is 154 Å². The lowest BCUT2D eigenvalue weighted by molar-refractivity contribution is 0.0916. The molecule has 0 spiro atoms. The summed E-state index contributed by atoms with van der Waals surface area (Å²) in [7, 11) is 0. The number of nitrogens with one attached hydrogen (secondary N) is 1. The predicted octanol–water partition coefficient (Wildman–Crippen LogP) is 3.55. The maximum absolute atomic E-state index is 12.4. The van der Waals surface area contributed by atoms with E-state index in [-0.39, 0.29) is 12.5 Å². The highest BCUT2D eigenvalue weighted by Gasteiger charge is 2.12. The number of benzene rings is 2. The Morgan fingerprint density at radius 3 is 2.65 bits per heavy atom. The van der Waals surface area contributed by atoms with Crippen LogP contribution in [0.15, 0.2) is 73.1 Å². The average molecular weight is 363 g/mol. The highest BCUT2D eigenvalue weighted by atomic mass is 32.1. The van der Waals surface area contributed by atoms with Crippen LogP contribution in [0.5, 0.6) is 0 Å². The Morgan fingerprint density at radius 2 is 1.88 bits per heavy atom. The van der Waals surface area contributed by atoms with Gasteiger partial charge >= 0.3 is 0 Å². The minimum absolute atomic E-state index is 0.165. The predicted molar refractivity (Wildman–Crippen MR) is 103 cm³/mol. The molecule has 1 atom stereocenters. The zero-order valence-electron chi connectivity index (χ0n) is 13.9. The number of aliphatic hydroxyl groups excluding tert-OH is 1. The molecule has 2 aromatic heterocycles. The molecule has 2 heterocycles. The molecule has 1 amide bonds. The van der Waals surface area contributed by atoms with E-state index in [9.17, 15) is 9.90 Å². The maximum Gasteiger partial charge on any atom is 0.251 e. The molecule has 130 valence electrons. The first-order valence-electron chi connectivity index (χ1n) is 8.26. The van der Waals surface area contributed by atoms with Crippen molar-refractivity contribution in [3.05, 3.63) is 84.2 Å². The van der Waals surface area contributed by atoms with E-state index in [2.05, 4.69) is 10.3 Å². The number of rotatable bonds is 5. The van der Waals surface area contributed by atoms with Crippen LogP contribution in [-0.4, -0.2) is 27.1 Å². The van der Waals surface area contributed by atoms with Crippen LogP contribution < -0.4 is 5.32 Å². The van der Waals surface area contributed by atoms with Gasteiger partial charge in [0.2, 0.25) is 0 Å². The van der Waals surface area contributed by atoms with Gasteiger partial charge in [-0.25, -0.2) is 4.98 Å². The summed E-state index contributed by atoms with van der Waals surface area (Å²) < 4.78 is 2.89. The van der Waals surface area contributed by atoms with Gasteiger partial charge in [-0.15, -0.1) is 0 Å². The van der Waals surface area contributed by atoms with Gasteiger partial charge in [-0.05, 0) is 35.9 Å². The van der Waals surface area contributed by atoms with Crippen LogP contribution in [0.2, 0.25) is 0 Å². The second-order valence-electron chi connectivity index (χ2n) is 5.91. The molecular weight excluding hydrogens is 346 g/mol. The standard InChI is InChI=1S/C20H17N3O2S/c24-17(14-6-2-1-3-7-14)13-21-19(25)15-8-9-16-18(12-15)26-20(22-16)23-10-4-5-11-23/h1-12,17,24H,13H2,(H,21,25)/t17-/m0/s1. The molecule has 4 aromatic rings. The molecule has 26 heavy (non-hydrogen) atoms. The molecule has 0 unspecified atom stereocenters. The van der Waals surface area contributed by atoms with Crippen molar-refractivity contribution in [3.63, 3.8) is 0 Å². The lowest BCUT2D eigenvalue weighted by Crippen LogP contribution is -2.28. The molecule has 0 bridgehead atoms. The minimum Gasteiger partial charge on any atom is -0.387 e. The van der Waals surface area contributed by atoms with Gasteiger partial charge in [0.05, 0.1) is 16.3 Å². The Bertz CT molecular complexity index is 1030. The van der Waals surface area contributed by atoms with E-state index >= 15 is 0 Å². The zero-order chi connectivity index (χ0) is 17.9. The number of amides is 1. The van der Waals surface area contributed by atoms with E-state index in [1.807, 2.05) is 71.6 Å². The van der Waals surface area contributed by atoms with Gasteiger partial charge in [0.15, 0.2) is 5.13 Å². The molecule has 2 aromatic carbocycles. The molecule has 0 radical (unpaired) electrons. The number of hydrogen-bond donors (Lipinski definition) is 2. The average Bonchev–Trinajstić information content (AvgIpc) is 3.35. The summed E-state index contributed by atoms with van der Waals surface area (Å²) >= 11 is 1.53. The van der Waals surface area contributed by atoms with E-state index in [0.29, 0.717) is 5.56 Å². The third-order valence-electron chi connectivity index (χ3n) is 4.10. The first-order valence-corrected chi connectivity index (χ1v) is 9.07. The largest absolute Gasteiger partial charge is 0.387 e. The molecule has 0 saturated carbocycles. The fraction of sp³-hybridized carbons (Fsp3) is 0.100. The monoisotopic (exact) mass is 363 g/mol. The summed E-state index contributed by atoms with van der Waals surface area (Å²) in [5.74, 6) is -0.210. The van der Waals surface area contributed by atoms with Crippen LogP contribution >= 0.6 is 11.3 Å². The topological polar surface area (TPSA) is 67.2 Å². The van der Waals surface area contributed by atoms with Crippen molar-refractivity contribution in [1.29, 1.82) is 0 Å². The normalized spacial score (nSPS) is 12.2. The summed E-state index contributed by atoms with van der Waals surface area (Å²) in [5, 5.41) is 13.8. The van der Waals surface area contributed by atoms with E-state index in [4.69, 9.17) is 0 Å². The van der Waals surface area contributed by atoms with Crippen molar-refractivity contribution < 1.29 is 9.90 Å². The molecule has 0 fully saturated rings. The Hall–Kier alpha value is -2.96. The van der Waals surface area contributed by atoms with Crippen molar-refractivity contribution in [2.24, 2.45) is 0 Å². The number of carbonyl (C=O) groups excluding carboxylic acids is 1. The second-order valence-corrected chi connectivity index (χ2v) is 6.91. The number of nitrogens with zero attached hydrogens (tertiary/aromatic N) is 2. The van der Waals surface area contributed by atoms with Crippen LogP contribution in [-0.2, 0) is 0 Å². The number of fused-ring (bicyclic) bond motifs is 1. The van der Waals surface area contributed by atoms with Gasteiger partial charge in [0.1, 0.15) is 0 Å². The first-order chi connectivity index (χ1) is 12.7. The van der Waals surface area contributed by atoms with E-state index in [0.717, 1.165) is 20.9 Å². The van der Waals surface area contributed by atoms with E-state index in [1.165, 1.54) is 11.3 Å². The Balaban J connectivity index is 1.48. The summed E-state index contributed by atoms with van der Waals surface area (Å²) in [6, 6.07) is 18.6. The van der Waals surface area contributed by atoms with E-state index < -0.39 is 6.10 Å². The summed E-state index contributed by atoms with van der Waals surface area (Å²) in [5.41, 5.74) is 2.20. The van der Waals surface area contributed by atoms with Crippen LogP contribution in [0, 0.1) is 0 Å². The minimum atomic E-state index is -0.729. The Kier molecular flexibility index (Phi) is 4.51. The lowest BCUT2D eigenvalue weighted by atomic mass is 10.1. The van der Waals surface area contributed by atoms with Crippen LogP contribution in [0.25, 0.3) is 15.3 Å². The lowest BCUT2D eigenvalue weighted by Gasteiger charge is -2.12. The van der Waals surface area contributed by atoms with Crippen molar-refractivity contribution in [2.45, 2.75) is 6.10 Å². The molecule has 0 saturated heterocycles. The maximum atomic E-state index is 12.4. The molecule has 0 aliphatic rings. The molecule has 5 nitrogen and oxygen atoms in total.